The smallest absolute Gasteiger partial charge is 0.209 e. The second kappa shape index (κ2) is 7.68. The van der Waals surface area contributed by atoms with Crippen molar-refractivity contribution in [3.63, 3.8) is 0 Å². The van der Waals surface area contributed by atoms with Crippen molar-refractivity contribution in [2.24, 2.45) is 0 Å². The molecule has 1 aliphatic heterocycles. The Kier molecular flexibility index (Phi) is 5.56. The van der Waals surface area contributed by atoms with Gasteiger partial charge in [-0.05, 0) is 30.0 Å². The maximum Gasteiger partial charge on any atom is 0.209 e. The first-order chi connectivity index (χ1) is 11.9. The first-order valence-electron chi connectivity index (χ1n) is 8.73. The number of sulfonamides is 1. The minimum absolute atomic E-state index is 0.247. The van der Waals surface area contributed by atoms with Crippen molar-refractivity contribution in [3.05, 3.63) is 52.8 Å². The third-order valence-electron chi connectivity index (χ3n) is 4.50. The Morgan fingerprint density at radius 2 is 1.88 bits per heavy atom. The van der Waals surface area contributed by atoms with Crippen LogP contribution in [-0.2, 0) is 42.6 Å². The number of aromatic nitrogens is 2. The molecule has 0 aliphatic carbocycles. The summed E-state index contributed by atoms with van der Waals surface area (Å²) in [7, 11) is -3.20. The Labute approximate surface area is 149 Å². The number of fused-ring (bicyclic) bond motifs is 1. The van der Waals surface area contributed by atoms with Crippen molar-refractivity contribution < 1.29 is 8.42 Å². The Morgan fingerprint density at radius 3 is 2.56 bits per heavy atom. The molecule has 1 aromatic carbocycles. The van der Waals surface area contributed by atoms with Gasteiger partial charge in [0.25, 0.3) is 0 Å². The molecule has 136 valence electrons. The van der Waals surface area contributed by atoms with Crippen molar-refractivity contribution in [2.45, 2.75) is 45.9 Å². The number of nitrogens with one attached hydrogen (secondary N) is 1. The monoisotopic (exact) mass is 362 g/mol. The van der Waals surface area contributed by atoms with E-state index in [2.05, 4.69) is 45.9 Å². The predicted octanol–water partition coefficient (Wildman–Crippen LogP) is 1.90. The zero-order valence-electron chi connectivity index (χ0n) is 14.9. The van der Waals surface area contributed by atoms with Crippen LogP contribution < -0.4 is 4.72 Å². The highest BCUT2D eigenvalue weighted by molar-refractivity contribution is 7.88. The summed E-state index contributed by atoms with van der Waals surface area (Å²) in [4.78, 5) is 2.43. The molecule has 3 rings (SSSR count). The van der Waals surface area contributed by atoms with Crippen molar-refractivity contribution >= 4 is 10.0 Å². The maximum absolute atomic E-state index is 11.2. The summed E-state index contributed by atoms with van der Waals surface area (Å²) in [5.74, 6) is 0. The summed E-state index contributed by atoms with van der Waals surface area (Å²) in [6.45, 7) is 6.08. The molecule has 0 unspecified atom stereocenters. The predicted molar refractivity (Wildman–Crippen MR) is 98.5 cm³/mol. The van der Waals surface area contributed by atoms with E-state index in [0.29, 0.717) is 0 Å². The summed E-state index contributed by atoms with van der Waals surface area (Å²) in [6.07, 6.45) is 3.27. The van der Waals surface area contributed by atoms with Crippen LogP contribution in [0.2, 0.25) is 0 Å². The molecule has 2 heterocycles. The van der Waals surface area contributed by atoms with Crippen LogP contribution in [0.4, 0.5) is 0 Å². The van der Waals surface area contributed by atoms with E-state index >= 15 is 0 Å². The van der Waals surface area contributed by atoms with Gasteiger partial charge in [0, 0.05) is 26.2 Å². The molecule has 0 spiro atoms. The minimum atomic E-state index is -3.20. The van der Waals surface area contributed by atoms with Crippen LogP contribution in [0, 0.1) is 0 Å². The SMILES string of the molecule is CCc1ccc(CN2CCCn3nc(CNS(C)(=O)=O)cc3C2)cc1. The van der Waals surface area contributed by atoms with E-state index in [-0.39, 0.29) is 6.54 Å². The number of hydrogen-bond donors (Lipinski definition) is 1. The van der Waals surface area contributed by atoms with Gasteiger partial charge in [-0.2, -0.15) is 5.10 Å². The van der Waals surface area contributed by atoms with Gasteiger partial charge >= 0.3 is 0 Å². The van der Waals surface area contributed by atoms with Crippen LogP contribution in [-0.4, -0.2) is 35.9 Å². The van der Waals surface area contributed by atoms with Crippen LogP contribution in [0.5, 0.6) is 0 Å². The quantitative estimate of drug-likeness (QED) is 0.852. The molecule has 25 heavy (non-hydrogen) atoms. The van der Waals surface area contributed by atoms with Gasteiger partial charge in [0.05, 0.1) is 24.2 Å². The summed E-state index contributed by atoms with van der Waals surface area (Å²) < 4.78 is 27.0. The Hall–Kier alpha value is -1.70. The van der Waals surface area contributed by atoms with E-state index in [1.54, 1.807) is 0 Å². The van der Waals surface area contributed by atoms with Crippen molar-refractivity contribution in [3.8, 4) is 0 Å². The lowest BCUT2D eigenvalue weighted by Gasteiger charge is -2.19. The highest BCUT2D eigenvalue weighted by Crippen LogP contribution is 2.17. The highest BCUT2D eigenvalue weighted by Gasteiger charge is 2.17. The maximum atomic E-state index is 11.2. The van der Waals surface area contributed by atoms with Crippen molar-refractivity contribution in [1.29, 1.82) is 0 Å². The summed E-state index contributed by atoms with van der Waals surface area (Å²) in [6, 6.07) is 10.8. The normalized spacial score (nSPS) is 15.8. The van der Waals surface area contributed by atoms with Crippen LogP contribution in [0.3, 0.4) is 0 Å². The van der Waals surface area contributed by atoms with Gasteiger partial charge in [-0.3, -0.25) is 9.58 Å². The molecule has 0 atom stereocenters. The van der Waals surface area contributed by atoms with Crippen LogP contribution in [0.15, 0.2) is 30.3 Å². The Bertz CT molecular complexity index is 812. The molecule has 0 saturated carbocycles. The van der Waals surface area contributed by atoms with Crippen LogP contribution in [0.25, 0.3) is 0 Å². The number of aryl methyl sites for hydroxylation is 2. The second-order valence-electron chi connectivity index (χ2n) is 6.68. The lowest BCUT2D eigenvalue weighted by atomic mass is 10.1. The van der Waals surface area contributed by atoms with E-state index in [0.717, 1.165) is 50.4 Å². The molecule has 0 radical (unpaired) electrons. The van der Waals surface area contributed by atoms with Gasteiger partial charge < -0.3 is 0 Å². The zero-order valence-corrected chi connectivity index (χ0v) is 15.7. The zero-order chi connectivity index (χ0) is 17.9. The third kappa shape index (κ3) is 5.14. The fourth-order valence-electron chi connectivity index (χ4n) is 3.15. The average molecular weight is 362 g/mol. The highest BCUT2D eigenvalue weighted by atomic mass is 32.2. The molecule has 1 N–H and O–H groups in total. The molecular weight excluding hydrogens is 336 g/mol. The van der Waals surface area contributed by atoms with E-state index in [9.17, 15) is 8.42 Å². The molecule has 0 amide bonds. The number of nitrogens with zero attached hydrogens (tertiary/aromatic N) is 3. The molecule has 7 heteroatoms. The van der Waals surface area contributed by atoms with E-state index in [1.807, 2.05) is 10.7 Å². The van der Waals surface area contributed by atoms with Crippen LogP contribution >= 0.6 is 0 Å². The standard InChI is InChI=1S/C18H26N4O2S/c1-3-15-5-7-16(8-6-15)13-21-9-4-10-22-18(14-21)11-17(20-22)12-19-25(2,23)24/h5-8,11,19H,3-4,9-10,12-14H2,1-2H3. The number of benzene rings is 1. The molecule has 6 nitrogen and oxygen atoms in total. The van der Waals surface area contributed by atoms with Crippen molar-refractivity contribution in [2.75, 3.05) is 12.8 Å². The van der Waals surface area contributed by atoms with Gasteiger partial charge in [-0.1, -0.05) is 31.2 Å². The Balaban J connectivity index is 1.66. The van der Waals surface area contributed by atoms with Crippen LogP contribution in [0.1, 0.15) is 35.9 Å². The van der Waals surface area contributed by atoms with E-state index in [1.165, 1.54) is 17.4 Å². The second-order valence-corrected chi connectivity index (χ2v) is 8.51. The number of hydrogen-bond acceptors (Lipinski definition) is 4. The molecule has 0 bridgehead atoms. The van der Waals surface area contributed by atoms with E-state index < -0.39 is 10.0 Å². The molecule has 0 saturated heterocycles. The molecule has 1 aliphatic rings. The number of rotatable bonds is 6. The first kappa shape index (κ1) is 18.1. The summed E-state index contributed by atoms with van der Waals surface area (Å²) in [5.41, 5.74) is 4.60. The first-order valence-corrected chi connectivity index (χ1v) is 10.6. The molecule has 2 aromatic rings. The van der Waals surface area contributed by atoms with Gasteiger partial charge in [0.15, 0.2) is 0 Å². The van der Waals surface area contributed by atoms with Gasteiger partial charge in [0.1, 0.15) is 0 Å². The van der Waals surface area contributed by atoms with Gasteiger partial charge in [-0.25, -0.2) is 13.1 Å². The molecule has 1 aromatic heterocycles. The molecular formula is C18H26N4O2S. The topological polar surface area (TPSA) is 67.2 Å². The average Bonchev–Trinajstić information content (AvgIpc) is 2.85. The third-order valence-corrected chi connectivity index (χ3v) is 5.17. The lowest BCUT2D eigenvalue weighted by Crippen LogP contribution is -2.23. The lowest BCUT2D eigenvalue weighted by molar-refractivity contribution is 0.261. The fraction of sp³-hybridized carbons (Fsp3) is 0.500. The van der Waals surface area contributed by atoms with E-state index in [4.69, 9.17) is 0 Å². The summed E-state index contributed by atoms with van der Waals surface area (Å²) in [5, 5.41) is 4.54. The van der Waals surface area contributed by atoms with Gasteiger partial charge in [-0.15, -0.1) is 0 Å². The fourth-order valence-corrected chi connectivity index (χ4v) is 3.56. The van der Waals surface area contributed by atoms with Gasteiger partial charge in [0.2, 0.25) is 10.0 Å². The molecule has 0 fully saturated rings. The van der Waals surface area contributed by atoms with Crippen molar-refractivity contribution in [1.82, 2.24) is 19.4 Å². The minimum Gasteiger partial charge on any atom is -0.293 e. The Morgan fingerprint density at radius 1 is 1.16 bits per heavy atom. The summed E-state index contributed by atoms with van der Waals surface area (Å²) >= 11 is 0. The largest absolute Gasteiger partial charge is 0.293 e.